The molecule has 0 unspecified atom stereocenters. The van der Waals surface area contributed by atoms with Crippen LogP contribution in [0.5, 0.6) is 0 Å². The molecule has 0 saturated carbocycles. The molecule has 8 nitrogen and oxygen atoms in total. The van der Waals surface area contributed by atoms with Gasteiger partial charge in [-0.2, -0.15) is 0 Å². The van der Waals surface area contributed by atoms with Gasteiger partial charge in [0, 0.05) is 10.6 Å². The zero-order valence-electron chi connectivity index (χ0n) is 14.4. The number of hydrogen-bond acceptors (Lipinski definition) is 8. The van der Waals surface area contributed by atoms with Crippen LogP contribution in [0.3, 0.4) is 0 Å². The second-order valence-electron chi connectivity index (χ2n) is 5.79. The van der Waals surface area contributed by atoms with Crippen LogP contribution < -0.4 is 10.0 Å². The van der Waals surface area contributed by atoms with E-state index in [1.165, 1.54) is 30.6 Å². The van der Waals surface area contributed by atoms with E-state index in [0.717, 1.165) is 15.1 Å². The normalized spacial score (nSPS) is 11.5. The molecule has 0 fully saturated rings. The quantitative estimate of drug-likeness (QED) is 0.490. The first-order valence-corrected chi connectivity index (χ1v) is 10.7. The Labute approximate surface area is 169 Å². The van der Waals surface area contributed by atoms with Crippen LogP contribution >= 0.6 is 22.9 Å². The van der Waals surface area contributed by atoms with Crippen LogP contribution in [0.4, 0.5) is 17.3 Å². The maximum absolute atomic E-state index is 12.5. The van der Waals surface area contributed by atoms with Crippen molar-refractivity contribution in [1.29, 1.82) is 0 Å². The molecular weight excluding hydrogens is 420 g/mol. The van der Waals surface area contributed by atoms with E-state index in [1.54, 1.807) is 23.5 Å². The molecule has 0 aliphatic carbocycles. The summed E-state index contributed by atoms with van der Waals surface area (Å²) in [6.07, 6.45) is 1.50. The number of halogens is 1. The zero-order chi connectivity index (χ0) is 19.7. The van der Waals surface area contributed by atoms with Gasteiger partial charge < -0.3 is 5.32 Å². The number of sulfonamides is 1. The predicted octanol–water partition coefficient (Wildman–Crippen LogP) is 3.99. The summed E-state index contributed by atoms with van der Waals surface area (Å²) in [5.41, 5.74) is 0.703. The first-order chi connectivity index (χ1) is 13.4. The van der Waals surface area contributed by atoms with Gasteiger partial charge in [-0.25, -0.2) is 18.4 Å². The summed E-state index contributed by atoms with van der Waals surface area (Å²) < 4.78 is 27.3. The summed E-state index contributed by atoms with van der Waals surface area (Å²) in [4.78, 5) is 10.7. The number of hydrogen-bond donors (Lipinski definition) is 2. The Morgan fingerprint density at radius 3 is 2.54 bits per heavy atom. The molecule has 0 bridgehead atoms. The Hall–Kier alpha value is -2.82. The monoisotopic (exact) mass is 432 g/mol. The average molecular weight is 433 g/mol. The van der Waals surface area contributed by atoms with Crippen molar-refractivity contribution in [3.63, 3.8) is 0 Å². The zero-order valence-corrected chi connectivity index (χ0v) is 16.8. The lowest BCUT2D eigenvalue weighted by Crippen LogP contribution is -2.14. The lowest BCUT2D eigenvalue weighted by molar-refractivity contribution is 0.601. The van der Waals surface area contributed by atoms with Crippen LogP contribution in [0.25, 0.3) is 10.2 Å². The van der Waals surface area contributed by atoms with Crippen molar-refractivity contribution >= 4 is 60.5 Å². The predicted molar refractivity (Wildman–Crippen MR) is 110 cm³/mol. The van der Waals surface area contributed by atoms with Crippen LogP contribution in [0.2, 0.25) is 5.15 Å². The fourth-order valence-electron chi connectivity index (χ4n) is 2.50. The first-order valence-electron chi connectivity index (χ1n) is 8.01. The van der Waals surface area contributed by atoms with E-state index in [0.29, 0.717) is 11.5 Å². The summed E-state index contributed by atoms with van der Waals surface area (Å²) in [5, 5.41) is 11.6. The maximum atomic E-state index is 12.5. The van der Waals surface area contributed by atoms with Crippen LogP contribution in [0.1, 0.15) is 4.88 Å². The van der Waals surface area contributed by atoms with Gasteiger partial charge in [-0.1, -0.05) is 11.6 Å². The smallest absolute Gasteiger partial charge is 0.263 e. The molecule has 4 rings (SSSR count). The number of rotatable bonds is 5. The Morgan fingerprint density at radius 1 is 1.04 bits per heavy atom. The third-order valence-corrected chi connectivity index (χ3v) is 6.28. The summed E-state index contributed by atoms with van der Waals surface area (Å²) in [7, 11) is -3.79. The average Bonchev–Trinajstić information content (AvgIpc) is 3.05. The minimum atomic E-state index is -3.79. The number of nitrogens with zero attached hydrogens (tertiary/aromatic N) is 4. The molecule has 11 heteroatoms. The van der Waals surface area contributed by atoms with E-state index < -0.39 is 10.0 Å². The number of fused-ring (bicyclic) bond motifs is 1. The summed E-state index contributed by atoms with van der Waals surface area (Å²) in [5.74, 6) is 0.752. The van der Waals surface area contributed by atoms with E-state index in [-0.39, 0.29) is 15.9 Å². The Morgan fingerprint density at radius 2 is 1.82 bits per heavy atom. The molecule has 0 saturated heterocycles. The number of thiophene rings is 1. The Bertz CT molecular complexity index is 1240. The molecule has 4 aromatic rings. The van der Waals surface area contributed by atoms with Crippen molar-refractivity contribution in [3.05, 3.63) is 58.8 Å². The molecule has 3 aromatic heterocycles. The largest absolute Gasteiger partial charge is 0.340 e. The van der Waals surface area contributed by atoms with Gasteiger partial charge in [-0.15, -0.1) is 21.5 Å². The van der Waals surface area contributed by atoms with E-state index in [2.05, 4.69) is 30.2 Å². The van der Waals surface area contributed by atoms with Crippen molar-refractivity contribution in [1.82, 2.24) is 20.2 Å². The SMILES string of the molecule is Cc1cc2c(Nc3ccc(S(=O)(=O)Nc4ccc(Cl)nn4)cc3)ncnc2s1. The van der Waals surface area contributed by atoms with Gasteiger partial charge in [0.25, 0.3) is 10.0 Å². The van der Waals surface area contributed by atoms with Gasteiger partial charge in [-0.05, 0) is 49.4 Å². The number of anilines is 3. The van der Waals surface area contributed by atoms with Crippen molar-refractivity contribution < 1.29 is 8.42 Å². The first kappa shape index (κ1) is 18.5. The van der Waals surface area contributed by atoms with E-state index in [4.69, 9.17) is 11.6 Å². The van der Waals surface area contributed by atoms with Gasteiger partial charge in [0.15, 0.2) is 11.0 Å². The highest BCUT2D eigenvalue weighted by Gasteiger charge is 2.15. The number of aryl methyl sites for hydroxylation is 1. The minimum absolute atomic E-state index is 0.0859. The number of aromatic nitrogens is 4. The number of nitrogens with one attached hydrogen (secondary N) is 2. The van der Waals surface area contributed by atoms with Gasteiger partial charge in [-0.3, -0.25) is 4.72 Å². The van der Waals surface area contributed by atoms with Gasteiger partial charge >= 0.3 is 0 Å². The van der Waals surface area contributed by atoms with Crippen molar-refractivity contribution in [2.45, 2.75) is 11.8 Å². The molecule has 2 N–H and O–H groups in total. The molecule has 0 aliphatic rings. The highest BCUT2D eigenvalue weighted by atomic mass is 35.5. The highest BCUT2D eigenvalue weighted by molar-refractivity contribution is 7.92. The van der Waals surface area contributed by atoms with Crippen LogP contribution in [0, 0.1) is 6.92 Å². The fourth-order valence-corrected chi connectivity index (χ4v) is 4.44. The van der Waals surface area contributed by atoms with Crippen molar-refractivity contribution in [2.75, 3.05) is 10.0 Å². The molecule has 0 aliphatic heterocycles. The minimum Gasteiger partial charge on any atom is -0.340 e. The van der Waals surface area contributed by atoms with Gasteiger partial charge in [0.2, 0.25) is 0 Å². The molecule has 0 amide bonds. The maximum Gasteiger partial charge on any atom is 0.263 e. The molecule has 0 spiro atoms. The van der Waals surface area contributed by atoms with E-state index >= 15 is 0 Å². The number of benzene rings is 1. The molecule has 0 radical (unpaired) electrons. The lowest BCUT2D eigenvalue weighted by Gasteiger charge is -2.09. The third-order valence-electron chi connectivity index (χ3n) is 3.75. The van der Waals surface area contributed by atoms with Crippen LogP contribution in [-0.4, -0.2) is 28.6 Å². The van der Waals surface area contributed by atoms with Crippen LogP contribution in [0.15, 0.2) is 53.7 Å². The molecule has 142 valence electrons. The fraction of sp³-hybridized carbons (Fsp3) is 0.0588. The van der Waals surface area contributed by atoms with Gasteiger partial charge in [0.1, 0.15) is 17.0 Å². The van der Waals surface area contributed by atoms with Gasteiger partial charge in [0.05, 0.1) is 10.3 Å². The molecule has 28 heavy (non-hydrogen) atoms. The molecule has 1 aromatic carbocycles. The summed E-state index contributed by atoms with van der Waals surface area (Å²) in [6.45, 7) is 2.01. The summed E-state index contributed by atoms with van der Waals surface area (Å²) >= 11 is 7.24. The molecule has 0 atom stereocenters. The standard InChI is InChI=1S/C17H13ClN6O2S2/c1-10-8-13-16(19-9-20-17(13)27-10)21-11-2-4-12(5-3-11)28(25,26)24-15-7-6-14(18)22-23-15/h2-9H,1H3,(H,23,24)(H,19,20,21). The Kier molecular flexibility index (Phi) is 4.84. The van der Waals surface area contributed by atoms with Crippen molar-refractivity contribution in [3.8, 4) is 0 Å². The highest BCUT2D eigenvalue weighted by Crippen LogP contribution is 2.29. The molecule has 3 heterocycles. The second kappa shape index (κ2) is 7.30. The third kappa shape index (κ3) is 3.88. The Balaban J connectivity index is 1.55. The lowest BCUT2D eigenvalue weighted by atomic mass is 10.3. The van der Waals surface area contributed by atoms with E-state index in [9.17, 15) is 8.42 Å². The van der Waals surface area contributed by atoms with Crippen LogP contribution in [-0.2, 0) is 10.0 Å². The second-order valence-corrected chi connectivity index (χ2v) is 9.10. The topological polar surface area (TPSA) is 110 Å². The van der Waals surface area contributed by atoms with E-state index in [1.807, 2.05) is 13.0 Å². The molecular formula is C17H13ClN6O2S2. The van der Waals surface area contributed by atoms with Crippen molar-refractivity contribution in [2.24, 2.45) is 0 Å². The summed E-state index contributed by atoms with van der Waals surface area (Å²) in [6, 6.07) is 11.2.